The van der Waals surface area contributed by atoms with Gasteiger partial charge in [-0.05, 0) is 69.2 Å². The molecule has 0 aromatic carbocycles. The fourth-order valence-corrected chi connectivity index (χ4v) is 3.83. The fraction of sp³-hybridized carbons (Fsp3) is 0.478. The molecule has 2 aromatic rings. The van der Waals surface area contributed by atoms with Gasteiger partial charge in [-0.1, -0.05) is 6.07 Å². The van der Waals surface area contributed by atoms with Crippen LogP contribution < -0.4 is 10.6 Å². The van der Waals surface area contributed by atoms with Crippen LogP contribution >= 0.6 is 11.3 Å². The van der Waals surface area contributed by atoms with Gasteiger partial charge in [0.2, 0.25) is 5.91 Å². The lowest BCUT2D eigenvalue weighted by atomic mass is 10.1. The van der Waals surface area contributed by atoms with E-state index in [-0.39, 0.29) is 12.5 Å². The summed E-state index contributed by atoms with van der Waals surface area (Å²) in [5.74, 6) is -0.225. The third-order valence-electron chi connectivity index (χ3n) is 4.55. The molecule has 0 unspecified atom stereocenters. The van der Waals surface area contributed by atoms with Crippen molar-refractivity contribution in [3.63, 3.8) is 0 Å². The number of amides is 3. The molecule has 2 aromatic heterocycles. The zero-order valence-electron chi connectivity index (χ0n) is 19.2. The van der Waals surface area contributed by atoms with Gasteiger partial charge in [0.05, 0.1) is 6.54 Å². The highest BCUT2D eigenvalue weighted by atomic mass is 32.1. The van der Waals surface area contributed by atoms with Crippen LogP contribution in [-0.2, 0) is 22.6 Å². The number of nitrogens with one attached hydrogen (secondary N) is 2. The second-order valence-corrected chi connectivity index (χ2v) is 9.59. The van der Waals surface area contributed by atoms with E-state index in [4.69, 9.17) is 9.84 Å². The highest BCUT2D eigenvalue weighted by Gasteiger charge is 2.28. The first-order chi connectivity index (χ1) is 15.6. The maximum Gasteiger partial charge on any atom is 0.408 e. The summed E-state index contributed by atoms with van der Waals surface area (Å²) in [6.07, 6.45) is 3.05. The molecular weight excluding hydrogens is 444 g/mol. The topological polar surface area (TPSA) is 121 Å². The first-order valence-electron chi connectivity index (χ1n) is 10.8. The highest BCUT2D eigenvalue weighted by molar-refractivity contribution is 7.09. The summed E-state index contributed by atoms with van der Waals surface area (Å²) >= 11 is 1.56. The minimum atomic E-state index is -1.09. The molecule has 9 nitrogen and oxygen atoms in total. The number of carboxylic acid groups (broad SMARTS) is 1. The summed E-state index contributed by atoms with van der Waals surface area (Å²) in [7, 11) is 0. The van der Waals surface area contributed by atoms with E-state index in [1.54, 1.807) is 49.4 Å². The molecule has 2 rings (SSSR count). The monoisotopic (exact) mass is 476 g/mol. The van der Waals surface area contributed by atoms with Crippen molar-refractivity contribution in [3.8, 4) is 0 Å². The van der Waals surface area contributed by atoms with Crippen LogP contribution in [0.15, 0.2) is 42.0 Å². The van der Waals surface area contributed by atoms with E-state index >= 15 is 0 Å². The molecule has 0 aliphatic carbocycles. The predicted molar refractivity (Wildman–Crippen MR) is 126 cm³/mol. The Morgan fingerprint density at radius 2 is 1.88 bits per heavy atom. The van der Waals surface area contributed by atoms with Crippen LogP contribution in [0.1, 0.15) is 50.5 Å². The number of pyridine rings is 1. The molecule has 0 saturated heterocycles. The van der Waals surface area contributed by atoms with E-state index in [1.807, 2.05) is 29.6 Å². The van der Waals surface area contributed by atoms with Crippen molar-refractivity contribution in [2.45, 2.75) is 64.8 Å². The van der Waals surface area contributed by atoms with Gasteiger partial charge in [0.15, 0.2) is 0 Å². The third-order valence-corrected chi connectivity index (χ3v) is 5.41. The number of unbranched alkanes of at least 4 members (excludes halogenated alkanes) is 1. The Balaban J connectivity index is 2.15. The van der Waals surface area contributed by atoms with Gasteiger partial charge in [-0.2, -0.15) is 0 Å². The summed E-state index contributed by atoms with van der Waals surface area (Å²) in [6, 6.07) is 6.80. The molecule has 0 spiro atoms. The van der Waals surface area contributed by atoms with E-state index in [1.165, 1.54) is 0 Å². The largest absolute Gasteiger partial charge is 0.465 e. The van der Waals surface area contributed by atoms with Gasteiger partial charge in [-0.15, -0.1) is 11.3 Å². The molecule has 0 saturated carbocycles. The SMILES string of the molecule is CC(C)(C)OC(=O)N[C@@H](CCCCNC(=O)O)C(=O)N(Cc1ccncc1)Cc1cccs1. The van der Waals surface area contributed by atoms with E-state index in [0.717, 1.165) is 10.4 Å². The van der Waals surface area contributed by atoms with Crippen molar-refractivity contribution >= 4 is 29.4 Å². The van der Waals surface area contributed by atoms with Crippen molar-refractivity contribution in [2.75, 3.05) is 6.54 Å². The molecule has 2 heterocycles. The van der Waals surface area contributed by atoms with E-state index in [0.29, 0.717) is 32.4 Å². The van der Waals surface area contributed by atoms with Gasteiger partial charge in [0.1, 0.15) is 11.6 Å². The molecule has 3 amide bonds. The van der Waals surface area contributed by atoms with Crippen molar-refractivity contribution in [1.29, 1.82) is 0 Å². The summed E-state index contributed by atoms with van der Waals surface area (Å²) in [6.45, 7) is 6.32. The summed E-state index contributed by atoms with van der Waals surface area (Å²) in [5, 5.41) is 15.7. The average molecular weight is 477 g/mol. The number of hydrogen-bond acceptors (Lipinski definition) is 6. The molecule has 0 bridgehead atoms. The van der Waals surface area contributed by atoms with Crippen LogP contribution in [0.2, 0.25) is 0 Å². The van der Waals surface area contributed by atoms with Crippen LogP contribution in [-0.4, -0.2) is 51.3 Å². The lowest BCUT2D eigenvalue weighted by molar-refractivity contribution is -0.135. The molecule has 33 heavy (non-hydrogen) atoms. The van der Waals surface area contributed by atoms with E-state index < -0.39 is 23.8 Å². The number of alkyl carbamates (subject to hydrolysis) is 1. The number of thiophene rings is 1. The minimum Gasteiger partial charge on any atom is -0.465 e. The van der Waals surface area contributed by atoms with Gasteiger partial charge >= 0.3 is 12.2 Å². The smallest absolute Gasteiger partial charge is 0.408 e. The van der Waals surface area contributed by atoms with Crippen molar-refractivity contribution in [1.82, 2.24) is 20.5 Å². The third kappa shape index (κ3) is 10.3. The Kier molecular flexibility index (Phi) is 10.1. The number of carbonyl (C=O) groups is 3. The predicted octanol–water partition coefficient (Wildman–Crippen LogP) is 4.00. The van der Waals surface area contributed by atoms with Crippen molar-refractivity contribution < 1.29 is 24.2 Å². The fourth-order valence-electron chi connectivity index (χ4n) is 3.11. The summed E-state index contributed by atoms with van der Waals surface area (Å²) < 4.78 is 5.36. The lowest BCUT2D eigenvalue weighted by Gasteiger charge is -2.29. The Bertz CT molecular complexity index is 884. The van der Waals surface area contributed by atoms with Crippen molar-refractivity contribution in [2.24, 2.45) is 0 Å². The lowest BCUT2D eigenvalue weighted by Crippen LogP contribution is -2.49. The Morgan fingerprint density at radius 3 is 2.48 bits per heavy atom. The minimum absolute atomic E-state index is 0.225. The average Bonchev–Trinajstić information content (AvgIpc) is 3.24. The number of carbonyl (C=O) groups excluding carboxylic acids is 2. The zero-order valence-corrected chi connectivity index (χ0v) is 20.1. The van der Waals surface area contributed by atoms with Crippen LogP contribution in [0.5, 0.6) is 0 Å². The van der Waals surface area contributed by atoms with Crippen molar-refractivity contribution in [3.05, 3.63) is 52.5 Å². The normalized spacial score (nSPS) is 12.0. The molecule has 1 atom stereocenters. The van der Waals surface area contributed by atoms with E-state index in [2.05, 4.69) is 15.6 Å². The van der Waals surface area contributed by atoms with E-state index in [9.17, 15) is 14.4 Å². The van der Waals surface area contributed by atoms with Gasteiger partial charge < -0.3 is 25.4 Å². The van der Waals surface area contributed by atoms with Crippen LogP contribution in [0.25, 0.3) is 0 Å². The second kappa shape index (κ2) is 12.8. The number of ether oxygens (including phenoxy) is 1. The zero-order chi connectivity index (χ0) is 24.3. The molecule has 0 aliphatic rings. The van der Waals surface area contributed by atoms with Gasteiger partial charge in [-0.25, -0.2) is 9.59 Å². The molecule has 0 aliphatic heterocycles. The van der Waals surface area contributed by atoms with Crippen LogP contribution in [0, 0.1) is 0 Å². The first kappa shape index (κ1) is 26.1. The Labute approximate surface area is 198 Å². The number of hydrogen-bond donors (Lipinski definition) is 3. The highest BCUT2D eigenvalue weighted by Crippen LogP contribution is 2.17. The first-order valence-corrected chi connectivity index (χ1v) is 11.7. The maximum absolute atomic E-state index is 13.6. The molecule has 0 fully saturated rings. The van der Waals surface area contributed by atoms with Crippen LogP contribution in [0.4, 0.5) is 9.59 Å². The number of rotatable bonds is 11. The van der Waals surface area contributed by atoms with Gasteiger partial charge in [0.25, 0.3) is 0 Å². The Morgan fingerprint density at radius 1 is 1.15 bits per heavy atom. The molecule has 3 N–H and O–H groups in total. The summed E-state index contributed by atoms with van der Waals surface area (Å²) in [5.41, 5.74) is 0.230. The van der Waals surface area contributed by atoms with Crippen LogP contribution in [0.3, 0.4) is 0 Å². The standard InChI is InChI=1S/C23H32N4O5S/c1-23(2,3)32-22(31)26-19(8-4-5-11-25-21(29)30)20(28)27(16-18-7-6-14-33-18)15-17-9-12-24-13-10-17/h6-7,9-10,12-14,19,25H,4-5,8,11,15-16H2,1-3H3,(H,26,31)(H,29,30)/t19-/m0/s1. The molecule has 0 radical (unpaired) electrons. The second-order valence-electron chi connectivity index (χ2n) is 8.56. The number of nitrogens with zero attached hydrogens (tertiary/aromatic N) is 2. The molecular formula is C23H32N4O5S. The number of aromatic nitrogens is 1. The molecule has 10 heteroatoms. The summed E-state index contributed by atoms with van der Waals surface area (Å²) in [4.78, 5) is 43.4. The Hall–Kier alpha value is -3.14. The van der Waals surface area contributed by atoms with Gasteiger partial charge in [-0.3, -0.25) is 9.78 Å². The molecule has 180 valence electrons. The van der Waals surface area contributed by atoms with Gasteiger partial charge in [0, 0.05) is 30.4 Å². The maximum atomic E-state index is 13.6. The quantitative estimate of drug-likeness (QED) is 0.422.